The number of amides is 2. The van der Waals surface area contributed by atoms with Gasteiger partial charge in [-0.05, 0) is 81.7 Å². The third-order valence-corrected chi connectivity index (χ3v) is 5.61. The number of hydrogen-bond donors (Lipinski definition) is 1. The Kier molecular flexibility index (Phi) is 7.46. The third-order valence-electron chi connectivity index (χ3n) is 5.61. The Balaban J connectivity index is 1.78. The Morgan fingerprint density at radius 1 is 1.07 bits per heavy atom. The molecule has 1 aliphatic rings. The van der Waals surface area contributed by atoms with Gasteiger partial charge in [0.2, 0.25) is 5.91 Å². The molecule has 2 aromatic carbocycles. The number of carbonyl (C=O) groups is 2. The first-order valence-corrected chi connectivity index (χ1v) is 10.7. The summed E-state index contributed by atoms with van der Waals surface area (Å²) in [5.41, 5.74) is 2.23. The summed E-state index contributed by atoms with van der Waals surface area (Å²) in [5, 5.41) is 3.03. The Bertz CT molecular complexity index is 856. The number of methoxy groups -OCH3 is 1. The number of nitrogens with zero attached hydrogens (tertiary/aromatic N) is 2. The van der Waals surface area contributed by atoms with Crippen LogP contribution in [-0.2, 0) is 4.79 Å². The zero-order chi connectivity index (χ0) is 21.5. The minimum absolute atomic E-state index is 0.00389. The molecule has 0 bridgehead atoms. The molecule has 1 aliphatic heterocycles. The van der Waals surface area contributed by atoms with Crippen molar-refractivity contribution >= 4 is 17.5 Å². The van der Waals surface area contributed by atoms with E-state index in [1.807, 2.05) is 38.1 Å². The van der Waals surface area contributed by atoms with Crippen LogP contribution in [0.25, 0.3) is 0 Å². The third kappa shape index (κ3) is 5.00. The fraction of sp³-hybridized carbons (Fsp3) is 0.417. The number of benzene rings is 2. The van der Waals surface area contributed by atoms with Crippen LogP contribution in [0.1, 0.15) is 48.7 Å². The first-order chi connectivity index (χ1) is 14.6. The van der Waals surface area contributed by atoms with E-state index in [2.05, 4.69) is 10.2 Å². The Morgan fingerprint density at radius 3 is 2.33 bits per heavy atom. The van der Waals surface area contributed by atoms with Crippen LogP contribution in [0.2, 0.25) is 0 Å². The molecule has 0 aliphatic carbocycles. The topological polar surface area (TPSA) is 61.9 Å². The van der Waals surface area contributed by atoms with Crippen molar-refractivity contribution in [2.24, 2.45) is 0 Å². The van der Waals surface area contributed by atoms with E-state index in [1.165, 1.54) is 0 Å². The molecule has 1 fully saturated rings. The summed E-state index contributed by atoms with van der Waals surface area (Å²) in [6.07, 6.45) is 2.19. The van der Waals surface area contributed by atoms with E-state index < -0.39 is 0 Å². The molecular weight excluding hydrogens is 378 g/mol. The monoisotopic (exact) mass is 409 g/mol. The number of carbonyl (C=O) groups excluding carboxylic acids is 2. The van der Waals surface area contributed by atoms with Gasteiger partial charge in [-0.1, -0.05) is 12.1 Å². The number of rotatable bonds is 8. The molecular formula is C24H31N3O3. The molecule has 3 rings (SSSR count). The molecule has 160 valence electrons. The van der Waals surface area contributed by atoms with Crippen LogP contribution in [0.3, 0.4) is 0 Å². The van der Waals surface area contributed by atoms with Gasteiger partial charge in [-0.2, -0.15) is 0 Å². The molecule has 6 nitrogen and oxygen atoms in total. The normalized spacial score (nSPS) is 14.9. The number of anilines is 1. The molecule has 1 atom stereocenters. The van der Waals surface area contributed by atoms with Crippen LogP contribution in [0.4, 0.5) is 5.69 Å². The van der Waals surface area contributed by atoms with Gasteiger partial charge in [-0.25, -0.2) is 0 Å². The van der Waals surface area contributed by atoms with E-state index in [9.17, 15) is 9.59 Å². The van der Waals surface area contributed by atoms with Gasteiger partial charge in [0.15, 0.2) is 0 Å². The summed E-state index contributed by atoms with van der Waals surface area (Å²) >= 11 is 0. The summed E-state index contributed by atoms with van der Waals surface area (Å²) < 4.78 is 5.35. The maximum absolute atomic E-state index is 13.3. The Labute approximate surface area is 178 Å². The highest BCUT2D eigenvalue weighted by atomic mass is 16.5. The van der Waals surface area contributed by atoms with Gasteiger partial charge in [0, 0.05) is 24.3 Å². The van der Waals surface area contributed by atoms with E-state index in [4.69, 9.17) is 4.74 Å². The SMILES string of the molecule is CCN(CC)C(=O)c1ccc(NC(=O)C(c2cccc(OC)c2)N2CCCC2)cc1. The van der Waals surface area contributed by atoms with Gasteiger partial charge in [-0.15, -0.1) is 0 Å². The molecule has 1 saturated heterocycles. The van der Waals surface area contributed by atoms with Crippen LogP contribution < -0.4 is 10.1 Å². The first kappa shape index (κ1) is 21.8. The number of ether oxygens (including phenoxy) is 1. The van der Waals surface area contributed by atoms with Crippen LogP contribution >= 0.6 is 0 Å². The molecule has 0 spiro atoms. The molecule has 0 aromatic heterocycles. The largest absolute Gasteiger partial charge is 0.497 e. The second-order valence-electron chi connectivity index (χ2n) is 7.47. The molecule has 6 heteroatoms. The molecule has 0 radical (unpaired) electrons. The maximum atomic E-state index is 13.3. The lowest BCUT2D eigenvalue weighted by molar-refractivity contribution is -0.121. The summed E-state index contributed by atoms with van der Waals surface area (Å²) in [5.74, 6) is 0.668. The van der Waals surface area contributed by atoms with E-state index >= 15 is 0 Å². The highest BCUT2D eigenvalue weighted by molar-refractivity contribution is 5.97. The minimum Gasteiger partial charge on any atom is -0.497 e. The van der Waals surface area contributed by atoms with E-state index in [0.29, 0.717) is 24.3 Å². The first-order valence-electron chi connectivity index (χ1n) is 10.7. The highest BCUT2D eigenvalue weighted by Gasteiger charge is 2.30. The summed E-state index contributed by atoms with van der Waals surface area (Å²) in [6, 6.07) is 14.4. The lowest BCUT2D eigenvalue weighted by Crippen LogP contribution is -2.35. The van der Waals surface area contributed by atoms with Gasteiger partial charge in [0.25, 0.3) is 5.91 Å². The van der Waals surface area contributed by atoms with Crippen molar-refractivity contribution in [2.45, 2.75) is 32.7 Å². The van der Waals surface area contributed by atoms with Crippen LogP contribution in [0, 0.1) is 0 Å². The molecule has 1 heterocycles. The van der Waals surface area contributed by atoms with Gasteiger partial charge >= 0.3 is 0 Å². The van der Waals surface area contributed by atoms with Crippen molar-refractivity contribution in [3.63, 3.8) is 0 Å². The highest BCUT2D eigenvalue weighted by Crippen LogP contribution is 2.29. The average molecular weight is 410 g/mol. The van der Waals surface area contributed by atoms with Gasteiger partial charge < -0.3 is 15.0 Å². The van der Waals surface area contributed by atoms with Gasteiger partial charge in [-0.3, -0.25) is 14.5 Å². The fourth-order valence-electron chi connectivity index (χ4n) is 3.94. The fourth-order valence-corrected chi connectivity index (χ4v) is 3.94. The smallest absolute Gasteiger partial charge is 0.253 e. The molecule has 0 saturated carbocycles. The molecule has 30 heavy (non-hydrogen) atoms. The van der Waals surface area contributed by atoms with Crippen molar-refractivity contribution in [1.82, 2.24) is 9.80 Å². The van der Waals surface area contributed by atoms with E-state index in [0.717, 1.165) is 37.2 Å². The van der Waals surface area contributed by atoms with Crippen molar-refractivity contribution in [1.29, 1.82) is 0 Å². The van der Waals surface area contributed by atoms with Crippen molar-refractivity contribution in [3.05, 3.63) is 59.7 Å². The number of nitrogens with one attached hydrogen (secondary N) is 1. The molecule has 2 aromatic rings. The van der Waals surface area contributed by atoms with Crippen LogP contribution in [0.5, 0.6) is 5.75 Å². The summed E-state index contributed by atoms with van der Waals surface area (Å²) in [7, 11) is 1.63. The summed E-state index contributed by atoms with van der Waals surface area (Å²) in [4.78, 5) is 29.7. The lowest BCUT2D eigenvalue weighted by atomic mass is 10.0. The van der Waals surface area contributed by atoms with Crippen molar-refractivity contribution in [3.8, 4) is 5.75 Å². The van der Waals surface area contributed by atoms with Crippen molar-refractivity contribution in [2.75, 3.05) is 38.6 Å². The predicted octanol–water partition coefficient (Wildman–Crippen LogP) is 3.95. The zero-order valence-corrected chi connectivity index (χ0v) is 18.1. The summed E-state index contributed by atoms with van der Waals surface area (Å²) in [6.45, 7) is 7.07. The van der Waals surface area contributed by atoms with Crippen LogP contribution in [-0.4, -0.2) is 54.9 Å². The standard InChI is InChI=1S/C24H31N3O3/c1-4-26(5-2)24(29)18-11-13-20(14-12-18)25-23(28)22(27-15-6-7-16-27)19-9-8-10-21(17-19)30-3/h8-14,17,22H,4-7,15-16H2,1-3H3,(H,25,28). The molecule has 2 amide bonds. The van der Waals surface area contributed by atoms with Crippen LogP contribution in [0.15, 0.2) is 48.5 Å². The molecule has 1 N–H and O–H groups in total. The quantitative estimate of drug-likeness (QED) is 0.717. The molecule has 1 unspecified atom stereocenters. The van der Waals surface area contributed by atoms with Gasteiger partial charge in [0.05, 0.1) is 7.11 Å². The maximum Gasteiger partial charge on any atom is 0.253 e. The number of hydrogen-bond acceptors (Lipinski definition) is 4. The Hall–Kier alpha value is -2.86. The van der Waals surface area contributed by atoms with Crippen molar-refractivity contribution < 1.29 is 14.3 Å². The van der Waals surface area contributed by atoms with Gasteiger partial charge in [0.1, 0.15) is 11.8 Å². The van der Waals surface area contributed by atoms with E-state index in [1.54, 1.807) is 36.3 Å². The lowest BCUT2D eigenvalue weighted by Gasteiger charge is -2.27. The minimum atomic E-state index is -0.375. The zero-order valence-electron chi connectivity index (χ0n) is 18.1. The second-order valence-corrected chi connectivity index (χ2v) is 7.47. The average Bonchev–Trinajstić information content (AvgIpc) is 3.29. The second kappa shape index (κ2) is 10.3. The predicted molar refractivity (Wildman–Crippen MR) is 119 cm³/mol. The number of likely N-dealkylation sites (tertiary alicyclic amines) is 1. The Morgan fingerprint density at radius 2 is 1.73 bits per heavy atom. The van der Waals surface area contributed by atoms with E-state index in [-0.39, 0.29) is 17.9 Å².